The number of carbonyl (C=O) groups is 2. The van der Waals surface area contributed by atoms with Crippen molar-refractivity contribution in [3.63, 3.8) is 0 Å². The number of ether oxygens (including phenoxy) is 1. The molecule has 2 aromatic rings. The first-order valence-corrected chi connectivity index (χ1v) is 6.75. The standard InChI is InChI=1S/C17H16N2O3/c1-12(20)17(13(2)21)19-18-15-10-6-7-11-16(15)22-14-8-4-3-5-9-14/h3-11,18H,1-2H3. The SMILES string of the molecule is CC(=O)C(=NNc1ccccc1Oc1ccccc1)C(C)=O. The predicted octanol–water partition coefficient (Wildman–Crippen LogP) is 3.42. The van der Waals surface area contributed by atoms with Gasteiger partial charge in [-0.3, -0.25) is 15.0 Å². The number of hydrazone groups is 1. The number of ketones is 2. The fourth-order valence-corrected chi connectivity index (χ4v) is 1.78. The Morgan fingerprint density at radius 2 is 1.50 bits per heavy atom. The summed E-state index contributed by atoms with van der Waals surface area (Å²) in [6, 6.07) is 16.4. The lowest BCUT2D eigenvalue weighted by Gasteiger charge is -2.10. The third-order valence-electron chi connectivity index (χ3n) is 2.81. The van der Waals surface area contributed by atoms with Crippen molar-refractivity contribution in [1.29, 1.82) is 0 Å². The number of anilines is 1. The lowest BCUT2D eigenvalue weighted by Crippen LogP contribution is -2.20. The van der Waals surface area contributed by atoms with Crippen molar-refractivity contribution in [1.82, 2.24) is 0 Å². The van der Waals surface area contributed by atoms with E-state index in [4.69, 9.17) is 4.74 Å². The molecule has 0 fully saturated rings. The van der Waals surface area contributed by atoms with E-state index in [0.29, 0.717) is 17.2 Å². The van der Waals surface area contributed by atoms with Gasteiger partial charge in [-0.1, -0.05) is 30.3 Å². The summed E-state index contributed by atoms with van der Waals surface area (Å²) in [5.41, 5.74) is 3.15. The first-order chi connectivity index (χ1) is 10.6. The Hall–Kier alpha value is -2.95. The van der Waals surface area contributed by atoms with E-state index in [-0.39, 0.29) is 17.3 Å². The molecule has 22 heavy (non-hydrogen) atoms. The Labute approximate surface area is 128 Å². The molecule has 0 saturated carbocycles. The average molecular weight is 296 g/mol. The number of nitrogens with zero attached hydrogens (tertiary/aromatic N) is 1. The fraction of sp³-hybridized carbons (Fsp3) is 0.118. The van der Waals surface area contributed by atoms with Crippen LogP contribution in [0.3, 0.4) is 0 Å². The van der Waals surface area contributed by atoms with Crippen LogP contribution < -0.4 is 10.2 Å². The normalized spacial score (nSPS) is 9.73. The van der Waals surface area contributed by atoms with E-state index in [0.717, 1.165) is 0 Å². The Morgan fingerprint density at radius 3 is 2.14 bits per heavy atom. The van der Waals surface area contributed by atoms with E-state index in [2.05, 4.69) is 10.5 Å². The van der Waals surface area contributed by atoms with Crippen molar-refractivity contribution in [2.45, 2.75) is 13.8 Å². The topological polar surface area (TPSA) is 67.8 Å². The minimum Gasteiger partial charge on any atom is -0.455 e. The molecule has 0 saturated heterocycles. The zero-order chi connectivity index (χ0) is 15.9. The van der Waals surface area contributed by atoms with Crippen LogP contribution in [0.1, 0.15) is 13.8 Å². The van der Waals surface area contributed by atoms with Crippen molar-refractivity contribution in [3.05, 3.63) is 54.6 Å². The Kier molecular flexibility index (Phi) is 5.03. The molecule has 0 heterocycles. The van der Waals surface area contributed by atoms with Crippen LogP contribution in [0.25, 0.3) is 0 Å². The van der Waals surface area contributed by atoms with Gasteiger partial charge in [-0.05, 0) is 24.3 Å². The van der Waals surface area contributed by atoms with E-state index in [1.807, 2.05) is 36.4 Å². The van der Waals surface area contributed by atoms with Crippen molar-refractivity contribution in [3.8, 4) is 11.5 Å². The molecule has 0 aromatic heterocycles. The Balaban J connectivity index is 2.23. The summed E-state index contributed by atoms with van der Waals surface area (Å²) in [7, 11) is 0. The van der Waals surface area contributed by atoms with Crippen molar-refractivity contribution >= 4 is 23.0 Å². The van der Waals surface area contributed by atoms with E-state index >= 15 is 0 Å². The fourth-order valence-electron chi connectivity index (χ4n) is 1.78. The van der Waals surface area contributed by atoms with E-state index < -0.39 is 0 Å². The molecule has 2 rings (SSSR count). The maximum absolute atomic E-state index is 11.4. The second-order valence-corrected chi connectivity index (χ2v) is 4.60. The van der Waals surface area contributed by atoms with Crippen molar-refractivity contribution in [2.24, 2.45) is 5.10 Å². The quantitative estimate of drug-likeness (QED) is 0.504. The highest BCUT2D eigenvalue weighted by Gasteiger charge is 2.12. The molecule has 0 spiro atoms. The van der Waals surface area contributed by atoms with Gasteiger partial charge in [0.15, 0.2) is 23.0 Å². The summed E-state index contributed by atoms with van der Waals surface area (Å²) in [5.74, 6) is 0.450. The van der Waals surface area contributed by atoms with Crippen LogP contribution in [-0.2, 0) is 9.59 Å². The molecule has 0 bridgehead atoms. The third kappa shape index (κ3) is 4.02. The molecule has 0 aliphatic heterocycles. The summed E-state index contributed by atoms with van der Waals surface area (Å²) < 4.78 is 5.76. The van der Waals surface area contributed by atoms with Gasteiger partial charge >= 0.3 is 0 Å². The lowest BCUT2D eigenvalue weighted by atomic mass is 10.2. The molecule has 0 atom stereocenters. The molecular formula is C17H16N2O3. The number of carbonyl (C=O) groups excluding carboxylic acids is 2. The highest BCUT2D eigenvalue weighted by molar-refractivity contribution is 6.65. The molecule has 5 nitrogen and oxygen atoms in total. The number of nitrogens with one attached hydrogen (secondary N) is 1. The number of hydrogen-bond donors (Lipinski definition) is 1. The summed E-state index contributed by atoms with van der Waals surface area (Å²) in [5, 5.41) is 3.88. The summed E-state index contributed by atoms with van der Waals surface area (Å²) in [4.78, 5) is 22.7. The summed E-state index contributed by atoms with van der Waals surface area (Å²) in [6.45, 7) is 2.60. The van der Waals surface area contributed by atoms with E-state index in [9.17, 15) is 9.59 Å². The van der Waals surface area contributed by atoms with Crippen LogP contribution >= 0.6 is 0 Å². The van der Waals surface area contributed by atoms with Gasteiger partial charge in [0.1, 0.15) is 5.75 Å². The second kappa shape index (κ2) is 7.17. The maximum atomic E-state index is 11.4. The smallest absolute Gasteiger partial charge is 0.183 e. The van der Waals surface area contributed by atoms with Gasteiger partial charge in [-0.2, -0.15) is 5.10 Å². The van der Waals surface area contributed by atoms with Crippen LogP contribution in [0, 0.1) is 0 Å². The van der Waals surface area contributed by atoms with Gasteiger partial charge in [-0.25, -0.2) is 0 Å². The average Bonchev–Trinajstić information content (AvgIpc) is 2.49. The van der Waals surface area contributed by atoms with Crippen molar-refractivity contribution in [2.75, 3.05) is 5.43 Å². The number of hydrogen-bond acceptors (Lipinski definition) is 5. The summed E-state index contributed by atoms with van der Waals surface area (Å²) >= 11 is 0. The number of para-hydroxylation sites is 3. The number of rotatable bonds is 6. The molecule has 0 amide bonds. The first kappa shape index (κ1) is 15.4. The molecule has 5 heteroatoms. The highest BCUT2D eigenvalue weighted by Crippen LogP contribution is 2.29. The molecule has 112 valence electrons. The van der Waals surface area contributed by atoms with Crippen LogP contribution in [-0.4, -0.2) is 17.3 Å². The van der Waals surface area contributed by atoms with Crippen LogP contribution in [0.15, 0.2) is 59.7 Å². The van der Waals surface area contributed by atoms with E-state index in [1.54, 1.807) is 18.2 Å². The van der Waals surface area contributed by atoms with Gasteiger partial charge in [-0.15, -0.1) is 0 Å². The molecule has 0 radical (unpaired) electrons. The second-order valence-electron chi connectivity index (χ2n) is 4.60. The van der Waals surface area contributed by atoms with Gasteiger partial charge in [0.05, 0.1) is 5.69 Å². The minimum atomic E-state index is -0.388. The van der Waals surface area contributed by atoms with Crippen molar-refractivity contribution < 1.29 is 14.3 Å². The number of benzene rings is 2. The van der Waals surface area contributed by atoms with Gasteiger partial charge in [0.25, 0.3) is 0 Å². The molecule has 0 aliphatic rings. The van der Waals surface area contributed by atoms with Crippen LogP contribution in [0.2, 0.25) is 0 Å². The largest absolute Gasteiger partial charge is 0.455 e. The van der Waals surface area contributed by atoms with E-state index in [1.165, 1.54) is 13.8 Å². The number of Topliss-reactive ketones (excluding diaryl/α,β-unsaturated/α-hetero) is 2. The highest BCUT2D eigenvalue weighted by atomic mass is 16.5. The molecule has 0 aliphatic carbocycles. The van der Waals surface area contributed by atoms with Gasteiger partial charge in [0, 0.05) is 13.8 Å². The van der Waals surface area contributed by atoms with Gasteiger partial charge < -0.3 is 4.74 Å². The Morgan fingerprint density at radius 1 is 0.909 bits per heavy atom. The molecular weight excluding hydrogens is 280 g/mol. The zero-order valence-electron chi connectivity index (χ0n) is 12.4. The molecule has 2 aromatic carbocycles. The monoisotopic (exact) mass is 296 g/mol. The van der Waals surface area contributed by atoms with Crippen LogP contribution in [0.4, 0.5) is 5.69 Å². The molecule has 1 N–H and O–H groups in total. The van der Waals surface area contributed by atoms with Crippen LogP contribution in [0.5, 0.6) is 11.5 Å². The third-order valence-corrected chi connectivity index (χ3v) is 2.81. The maximum Gasteiger partial charge on any atom is 0.183 e. The summed E-state index contributed by atoms with van der Waals surface area (Å²) in [6.07, 6.45) is 0. The first-order valence-electron chi connectivity index (χ1n) is 6.75. The lowest BCUT2D eigenvalue weighted by molar-refractivity contribution is -0.114. The predicted molar refractivity (Wildman–Crippen MR) is 85.4 cm³/mol. The molecule has 0 unspecified atom stereocenters. The minimum absolute atomic E-state index is 0.130. The Bertz CT molecular complexity index is 693. The van der Waals surface area contributed by atoms with Gasteiger partial charge in [0.2, 0.25) is 0 Å². The zero-order valence-corrected chi connectivity index (χ0v) is 12.4.